The normalized spacial score (nSPS) is 10.9. The molecule has 0 saturated carbocycles. The number of nitrogens with two attached hydrogens (primary N) is 1. The van der Waals surface area contributed by atoms with Gasteiger partial charge < -0.3 is 20.6 Å². The first-order valence-corrected chi connectivity index (χ1v) is 11.1. The van der Waals surface area contributed by atoms with Gasteiger partial charge in [-0.05, 0) is 55.8 Å². The highest BCUT2D eigenvalue weighted by atomic mass is 16.1. The van der Waals surface area contributed by atoms with Gasteiger partial charge in [0.25, 0.3) is 0 Å². The molecule has 0 fully saturated rings. The Morgan fingerprint density at radius 1 is 1.03 bits per heavy atom. The lowest BCUT2D eigenvalue weighted by atomic mass is 10.1. The van der Waals surface area contributed by atoms with E-state index in [9.17, 15) is 9.59 Å². The van der Waals surface area contributed by atoms with Crippen molar-refractivity contribution in [2.45, 2.75) is 65.7 Å². The number of aldehydes is 2. The van der Waals surface area contributed by atoms with E-state index in [-0.39, 0.29) is 0 Å². The van der Waals surface area contributed by atoms with Gasteiger partial charge in [-0.15, -0.1) is 0 Å². The zero-order valence-corrected chi connectivity index (χ0v) is 18.9. The lowest BCUT2D eigenvalue weighted by Gasteiger charge is -2.17. The number of hydrogen-bond acceptors (Lipinski definition) is 5. The molecule has 166 valence electrons. The molecule has 2 heterocycles. The molecule has 0 saturated heterocycles. The number of pyridine rings is 1. The Hall–Kier alpha value is -2.53. The molecule has 1 aromatic carbocycles. The van der Waals surface area contributed by atoms with Crippen LogP contribution >= 0.6 is 0 Å². The third kappa shape index (κ3) is 12.8. The van der Waals surface area contributed by atoms with Crippen molar-refractivity contribution < 1.29 is 9.59 Å². The molecular formula is C25H39N3O2. The molecule has 0 bridgehead atoms. The molecule has 3 N–H and O–H groups in total. The van der Waals surface area contributed by atoms with Crippen molar-refractivity contribution >= 4 is 18.4 Å². The topological polar surface area (TPSA) is 85.1 Å². The highest BCUT2D eigenvalue weighted by Gasteiger charge is 2.09. The Kier molecular flexibility index (Phi) is 18.1. The number of anilines is 1. The van der Waals surface area contributed by atoms with E-state index in [2.05, 4.69) is 53.6 Å². The van der Waals surface area contributed by atoms with Crippen LogP contribution in [0.15, 0.2) is 42.5 Å². The minimum atomic E-state index is 0.476. The molecule has 0 spiro atoms. The summed E-state index contributed by atoms with van der Waals surface area (Å²) in [4.78, 5) is 24.1. The van der Waals surface area contributed by atoms with Gasteiger partial charge in [-0.3, -0.25) is 0 Å². The number of unbranched alkanes of at least 4 members (excludes halogenated alkanes) is 1. The van der Waals surface area contributed by atoms with Crippen LogP contribution in [0.25, 0.3) is 0 Å². The third-order valence-corrected chi connectivity index (χ3v) is 4.24. The number of fused-ring (bicyclic) bond motifs is 1. The van der Waals surface area contributed by atoms with Crippen molar-refractivity contribution in [1.82, 2.24) is 4.98 Å². The maximum Gasteiger partial charge on any atom is 0.129 e. The zero-order valence-electron chi connectivity index (χ0n) is 18.9. The highest BCUT2D eigenvalue weighted by Crippen LogP contribution is 2.20. The zero-order chi connectivity index (χ0) is 22.5. The quantitative estimate of drug-likeness (QED) is 0.504. The molecule has 5 heteroatoms. The fourth-order valence-electron chi connectivity index (χ4n) is 2.66. The van der Waals surface area contributed by atoms with E-state index < -0.39 is 0 Å². The smallest absolute Gasteiger partial charge is 0.129 e. The van der Waals surface area contributed by atoms with Crippen LogP contribution in [0.4, 0.5) is 5.82 Å². The molecule has 1 aliphatic heterocycles. The number of nitrogens with zero attached hydrogens (tertiary/aromatic N) is 1. The molecule has 0 aliphatic carbocycles. The number of aromatic nitrogens is 1. The Morgan fingerprint density at radius 2 is 1.73 bits per heavy atom. The molecular weight excluding hydrogens is 374 g/mol. The van der Waals surface area contributed by atoms with Crippen LogP contribution in [-0.2, 0) is 28.9 Å². The summed E-state index contributed by atoms with van der Waals surface area (Å²) in [7, 11) is 0. The summed E-state index contributed by atoms with van der Waals surface area (Å²) < 4.78 is 0. The van der Waals surface area contributed by atoms with Gasteiger partial charge in [-0.1, -0.05) is 57.2 Å². The number of aryl methyl sites for hydroxylation is 3. The summed E-state index contributed by atoms with van der Waals surface area (Å²) in [5.74, 6) is 1.05. The highest BCUT2D eigenvalue weighted by molar-refractivity contribution is 5.49. The van der Waals surface area contributed by atoms with Crippen molar-refractivity contribution in [3.63, 3.8) is 0 Å². The van der Waals surface area contributed by atoms with Gasteiger partial charge in [-0.25, -0.2) is 4.98 Å². The average Bonchev–Trinajstić information content (AvgIpc) is 2.82. The molecule has 0 atom stereocenters. The average molecular weight is 414 g/mol. The van der Waals surface area contributed by atoms with Crippen molar-refractivity contribution in [3.8, 4) is 0 Å². The van der Waals surface area contributed by atoms with Gasteiger partial charge >= 0.3 is 0 Å². The minimum Gasteiger partial charge on any atom is -0.370 e. The largest absolute Gasteiger partial charge is 0.370 e. The van der Waals surface area contributed by atoms with E-state index in [0.29, 0.717) is 19.4 Å². The van der Waals surface area contributed by atoms with Crippen LogP contribution < -0.4 is 11.1 Å². The first-order valence-electron chi connectivity index (χ1n) is 11.1. The van der Waals surface area contributed by atoms with E-state index in [1.807, 2.05) is 19.9 Å². The van der Waals surface area contributed by atoms with Crippen molar-refractivity contribution in [3.05, 3.63) is 59.3 Å². The van der Waals surface area contributed by atoms with E-state index >= 15 is 0 Å². The van der Waals surface area contributed by atoms with Crippen LogP contribution in [0, 0.1) is 0 Å². The minimum absolute atomic E-state index is 0.476. The van der Waals surface area contributed by atoms with Crippen LogP contribution in [0.2, 0.25) is 0 Å². The van der Waals surface area contributed by atoms with Gasteiger partial charge in [0.1, 0.15) is 18.4 Å². The van der Waals surface area contributed by atoms with Crippen molar-refractivity contribution in [2.24, 2.45) is 5.73 Å². The van der Waals surface area contributed by atoms with E-state index in [1.165, 1.54) is 17.5 Å². The monoisotopic (exact) mass is 413 g/mol. The standard InChI is InChI=1S/C12H16N2O.C8H10.C3H7NO.C2H6/c15-9-2-1-5-11-7-6-10-4-3-8-13-12(10)14-11;1-2-8-6-4-3-5-7-8;4-2-1-3-5;1-2/h6-7,9H,1-5,8H2,(H,13,14);3-7H,2H2,1H3;3H,1-2,4H2;1-2H3. The SMILES string of the molecule is CC.CCc1ccccc1.NCCC=O.O=CCCCc1ccc2c(n1)NCCC2. The van der Waals surface area contributed by atoms with Gasteiger partial charge in [0, 0.05) is 25.1 Å². The van der Waals surface area contributed by atoms with Crippen molar-refractivity contribution in [2.75, 3.05) is 18.4 Å². The number of rotatable bonds is 7. The lowest BCUT2D eigenvalue weighted by molar-refractivity contribution is -0.108. The predicted octanol–water partition coefficient (Wildman–Crippen LogP) is 4.77. The van der Waals surface area contributed by atoms with Crippen LogP contribution in [-0.4, -0.2) is 30.6 Å². The van der Waals surface area contributed by atoms with E-state index in [4.69, 9.17) is 5.73 Å². The van der Waals surface area contributed by atoms with Gasteiger partial charge in [0.2, 0.25) is 0 Å². The molecule has 0 radical (unpaired) electrons. The summed E-state index contributed by atoms with van der Waals surface area (Å²) in [5, 5.41) is 3.31. The van der Waals surface area contributed by atoms with E-state index in [0.717, 1.165) is 56.3 Å². The molecule has 2 aromatic rings. The second-order valence-electron chi connectivity index (χ2n) is 6.48. The summed E-state index contributed by atoms with van der Waals surface area (Å²) >= 11 is 0. The summed E-state index contributed by atoms with van der Waals surface area (Å²) in [6, 6.07) is 14.7. The number of benzene rings is 1. The maximum absolute atomic E-state index is 10.2. The third-order valence-electron chi connectivity index (χ3n) is 4.24. The fourth-order valence-corrected chi connectivity index (χ4v) is 2.66. The molecule has 0 amide bonds. The molecule has 30 heavy (non-hydrogen) atoms. The van der Waals surface area contributed by atoms with Crippen LogP contribution in [0.3, 0.4) is 0 Å². The Labute approximate surface area is 182 Å². The molecule has 0 unspecified atom stereocenters. The number of nitrogens with one attached hydrogen (secondary N) is 1. The fraction of sp³-hybridized carbons (Fsp3) is 0.480. The summed E-state index contributed by atoms with van der Waals surface area (Å²) in [6.07, 6.45) is 8.15. The number of carbonyl (C=O) groups excluding carboxylic acids is 2. The Morgan fingerprint density at radius 3 is 2.27 bits per heavy atom. The summed E-state index contributed by atoms with van der Waals surface area (Å²) in [5.41, 5.74) is 8.73. The first-order chi connectivity index (χ1) is 14.7. The van der Waals surface area contributed by atoms with Gasteiger partial charge in [-0.2, -0.15) is 0 Å². The second-order valence-corrected chi connectivity index (χ2v) is 6.48. The first kappa shape index (κ1) is 27.5. The van der Waals surface area contributed by atoms with Gasteiger partial charge in [0.15, 0.2) is 0 Å². The Balaban J connectivity index is 0.000000472. The van der Waals surface area contributed by atoms with Crippen molar-refractivity contribution in [1.29, 1.82) is 0 Å². The van der Waals surface area contributed by atoms with Crippen LogP contribution in [0.5, 0.6) is 0 Å². The molecule has 5 nitrogen and oxygen atoms in total. The van der Waals surface area contributed by atoms with E-state index in [1.54, 1.807) is 0 Å². The maximum atomic E-state index is 10.2. The summed E-state index contributed by atoms with van der Waals surface area (Å²) in [6.45, 7) is 7.66. The predicted molar refractivity (Wildman–Crippen MR) is 127 cm³/mol. The second kappa shape index (κ2) is 19.8. The molecule has 3 rings (SSSR count). The number of carbonyl (C=O) groups is 2. The lowest BCUT2D eigenvalue weighted by Crippen LogP contribution is -2.13. The molecule has 1 aromatic heterocycles. The van der Waals surface area contributed by atoms with Crippen LogP contribution in [0.1, 0.15) is 63.3 Å². The molecule has 1 aliphatic rings. The van der Waals surface area contributed by atoms with Gasteiger partial charge in [0.05, 0.1) is 0 Å². The Bertz CT molecular complexity index is 675. The number of hydrogen-bond donors (Lipinski definition) is 2.